The van der Waals surface area contributed by atoms with E-state index < -0.39 is 0 Å². The molecule has 1 heterocycles. The van der Waals surface area contributed by atoms with Crippen LogP contribution in [0.5, 0.6) is 0 Å². The van der Waals surface area contributed by atoms with E-state index in [1.54, 1.807) is 0 Å². The van der Waals surface area contributed by atoms with Crippen LogP contribution in [0.15, 0.2) is 22.5 Å². The average Bonchev–Trinajstić information content (AvgIpc) is 3.02. The predicted octanol–water partition coefficient (Wildman–Crippen LogP) is 2.75. The lowest BCUT2D eigenvalue weighted by molar-refractivity contribution is 0.231. The topological polar surface area (TPSA) is 39.7 Å². The van der Waals surface area contributed by atoms with E-state index in [1.807, 2.05) is 18.4 Å². The molecular weight excluding hydrogens is 280 g/mol. The van der Waals surface area contributed by atoms with Gasteiger partial charge in [-0.1, -0.05) is 26.8 Å². The number of nitrogens with one attached hydrogen (secondary N) is 2. The maximum absolute atomic E-state index is 4.30. The molecule has 0 saturated heterocycles. The normalized spacial score (nSPS) is 15.0. The molecular formula is C16H30N4S. The van der Waals surface area contributed by atoms with E-state index in [9.17, 15) is 0 Å². The van der Waals surface area contributed by atoms with Gasteiger partial charge >= 0.3 is 0 Å². The van der Waals surface area contributed by atoms with Gasteiger partial charge < -0.3 is 10.6 Å². The standard InChI is InChI=1S/C16H30N4S/c1-6-20(7-2)14(4)12-19-16(17-5)18-11-13(3)15-9-8-10-21-15/h8-10,13-14H,6-7,11-12H2,1-5H3,(H2,17,18,19). The minimum Gasteiger partial charge on any atom is -0.356 e. The summed E-state index contributed by atoms with van der Waals surface area (Å²) in [5.74, 6) is 1.39. The van der Waals surface area contributed by atoms with Crippen molar-refractivity contribution in [1.82, 2.24) is 15.5 Å². The van der Waals surface area contributed by atoms with Crippen LogP contribution in [0.4, 0.5) is 0 Å². The summed E-state index contributed by atoms with van der Waals surface area (Å²) in [5.41, 5.74) is 0. The zero-order chi connectivity index (χ0) is 15.7. The number of hydrogen-bond acceptors (Lipinski definition) is 3. The molecule has 0 spiro atoms. The molecule has 0 fully saturated rings. The fourth-order valence-corrected chi connectivity index (χ4v) is 3.15. The molecule has 0 aliphatic heterocycles. The number of thiophene rings is 1. The van der Waals surface area contributed by atoms with E-state index in [0.717, 1.165) is 32.1 Å². The maximum atomic E-state index is 4.30. The highest BCUT2D eigenvalue weighted by atomic mass is 32.1. The zero-order valence-corrected chi connectivity index (χ0v) is 14.8. The minimum absolute atomic E-state index is 0.503. The molecule has 0 bridgehead atoms. The van der Waals surface area contributed by atoms with Gasteiger partial charge in [0.2, 0.25) is 0 Å². The second-order valence-electron chi connectivity index (χ2n) is 5.32. The second kappa shape index (κ2) is 9.79. The molecule has 5 heteroatoms. The third kappa shape index (κ3) is 6.06. The van der Waals surface area contributed by atoms with E-state index in [0.29, 0.717) is 12.0 Å². The first-order valence-electron chi connectivity index (χ1n) is 7.84. The number of hydrogen-bond donors (Lipinski definition) is 2. The summed E-state index contributed by atoms with van der Waals surface area (Å²) in [7, 11) is 1.83. The van der Waals surface area contributed by atoms with Gasteiger partial charge in [-0.05, 0) is 31.5 Å². The fourth-order valence-electron chi connectivity index (χ4n) is 2.36. The van der Waals surface area contributed by atoms with Crippen molar-refractivity contribution in [3.8, 4) is 0 Å². The summed E-state index contributed by atoms with van der Waals surface area (Å²) in [5, 5.41) is 8.96. The Balaban J connectivity index is 2.35. The van der Waals surface area contributed by atoms with Crippen LogP contribution in [0.2, 0.25) is 0 Å². The molecule has 0 aliphatic rings. The summed E-state index contributed by atoms with van der Waals surface area (Å²) in [6, 6.07) is 4.80. The monoisotopic (exact) mass is 310 g/mol. The summed E-state index contributed by atoms with van der Waals surface area (Å²) < 4.78 is 0. The Hall–Kier alpha value is -1.07. The summed E-state index contributed by atoms with van der Waals surface area (Å²) in [6.07, 6.45) is 0. The largest absolute Gasteiger partial charge is 0.356 e. The van der Waals surface area contributed by atoms with Crippen molar-refractivity contribution in [1.29, 1.82) is 0 Å². The molecule has 0 aromatic carbocycles. The lowest BCUT2D eigenvalue weighted by atomic mass is 10.1. The van der Waals surface area contributed by atoms with Crippen molar-refractivity contribution in [2.45, 2.75) is 39.7 Å². The molecule has 0 aliphatic carbocycles. The SMILES string of the molecule is CCN(CC)C(C)CNC(=NC)NCC(C)c1cccs1. The molecule has 0 amide bonds. The first-order chi connectivity index (χ1) is 10.1. The molecule has 21 heavy (non-hydrogen) atoms. The Morgan fingerprint density at radius 1 is 1.24 bits per heavy atom. The van der Waals surface area contributed by atoms with Crippen molar-refractivity contribution in [3.63, 3.8) is 0 Å². The fraction of sp³-hybridized carbons (Fsp3) is 0.688. The van der Waals surface area contributed by atoms with Crippen LogP contribution in [-0.4, -0.2) is 50.1 Å². The van der Waals surface area contributed by atoms with Crippen molar-refractivity contribution in [2.24, 2.45) is 4.99 Å². The van der Waals surface area contributed by atoms with Gasteiger partial charge in [0.1, 0.15) is 0 Å². The molecule has 1 aromatic rings. The molecule has 2 N–H and O–H groups in total. The van der Waals surface area contributed by atoms with Gasteiger partial charge in [-0.25, -0.2) is 0 Å². The number of aliphatic imine (C=N–C) groups is 1. The number of nitrogens with zero attached hydrogens (tertiary/aromatic N) is 2. The average molecular weight is 311 g/mol. The maximum Gasteiger partial charge on any atom is 0.191 e. The minimum atomic E-state index is 0.503. The van der Waals surface area contributed by atoms with Gasteiger partial charge in [-0.2, -0.15) is 0 Å². The Morgan fingerprint density at radius 2 is 1.90 bits per heavy atom. The third-order valence-corrected chi connectivity index (χ3v) is 4.93. The van der Waals surface area contributed by atoms with E-state index in [1.165, 1.54) is 4.88 Å². The lowest BCUT2D eigenvalue weighted by Crippen LogP contribution is -2.46. The lowest BCUT2D eigenvalue weighted by Gasteiger charge is -2.27. The van der Waals surface area contributed by atoms with E-state index in [4.69, 9.17) is 0 Å². The van der Waals surface area contributed by atoms with Crippen LogP contribution in [0.3, 0.4) is 0 Å². The third-order valence-electron chi connectivity index (χ3n) is 3.83. The van der Waals surface area contributed by atoms with Crippen LogP contribution >= 0.6 is 11.3 Å². The Morgan fingerprint density at radius 3 is 2.43 bits per heavy atom. The van der Waals surface area contributed by atoms with E-state index in [2.05, 4.69) is 65.7 Å². The highest BCUT2D eigenvalue weighted by Gasteiger charge is 2.11. The van der Waals surface area contributed by atoms with Gasteiger partial charge in [-0.15, -0.1) is 11.3 Å². The van der Waals surface area contributed by atoms with Crippen molar-refractivity contribution >= 4 is 17.3 Å². The van der Waals surface area contributed by atoms with E-state index in [-0.39, 0.29) is 0 Å². The van der Waals surface area contributed by atoms with Crippen LogP contribution in [0, 0.1) is 0 Å². The second-order valence-corrected chi connectivity index (χ2v) is 6.30. The first kappa shape index (κ1) is 18.0. The molecule has 2 unspecified atom stereocenters. The molecule has 1 aromatic heterocycles. The van der Waals surface area contributed by atoms with Crippen molar-refractivity contribution in [3.05, 3.63) is 22.4 Å². The van der Waals surface area contributed by atoms with Gasteiger partial charge in [0, 0.05) is 37.0 Å². The molecule has 0 radical (unpaired) electrons. The molecule has 2 atom stereocenters. The molecule has 0 saturated carbocycles. The number of likely N-dealkylation sites (N-methyl/N-ethyl adjacent to an activating group) is 1. The highest BCUT2D eigenvalue weighted by molar-refractivity contribution is 7.10. The number of guanidine groups is 1. The quantitative estimate of drug-likeness (QED) is 0.573. The van der Waals surface area contributed by atoms with Gasteiger partial charge in [0.25, 0.3) is 0 Å². The first-order valence-corrected chi connectivity index (χ1v) is 8.72. The zero-order valence-electron chi connectivity index (χ0n) is 14.0. The molecule has 1 rings (SSSR count). The summed E-state index contributed by atoms with van der Waals surface area (Å²) >= 11 is 1.81. The summed E-state index contributed by atoms with van der Waals surface area (Å²) in [6.45, 7) is 12.9. The van der Waals surface area contributed by atoms with Crippen LogP contribution in [0.1, 0.15) is 38.5 Å². The van der Waals surface area contributed by atoms with Gasteiger partial charge in [-0.3, -0.25) is 9.89 Å². The molecule has 4 nitrogen and oxygen atoms in total. The van der Waals surface area contributed by atoms with Crippen LogP contribution in [-0.2, 0) is 0 Å². The highest BCUT2D eigenvalue weighted by Crippen LogP contribution is 2.19. The van der Waals surface area contributed by atoms with Crippen LogP contribution in [0.25, 0.3) is 0 Å². The Kier molecular flexibility index (Phi) is 8.38. The Labute approximate surface area is 133 Å². The van der Waals surface area contributed by atoms with Crippen molar-refractivity contribution < 1.29 is 0 Å². The van der Waals surface area contributed by atoms with Gasteiger partial charge in [0.15, 0.2) is 5.96 Å². The van der Waals surface area contributed by atoms with Gasteiger partial charge in [0.05, 0.1) is 0 Å². The predicted molar refractivity (Wildman–Crippen MR) is 94.5 cm³/mol. The van der Waals surface area contributed by atoms with Crippen LogP contribution < -0.4 is 10.6 Å². The van der Waals surface area contributed by atoms with E-state index >= 15 is 0 Å². The number of rotatable bonds is 8. The molecule has 120 valence electrons. The summed E-state index contributed by atoms with van der Waals surface area (Å²) in [4.78, 5) is 8.15. The Bertz CT molecular complexity index is 398. The smallest absolute Gasteiger partial charge is 0.191 e. The van der Waals surface area contributed by atoms with Crippen molar-refractivity contribution in [2.75, 3.05) is 33.2 Å².